The summed E-state index contributed by atoms with van der Waals surface area (Å²) in [7, 11) is 1.32. The molecule has 64 heavy (non-hydrogen) atoms. The quantitative estimate of drug-likeness (QED) is 0.0687. The summed E-state index contributed by atoms with van der Waals surface area (Å²) in [4.78, 5) is 44.5. The molecule has 0 fully saturated rings. The van der Waals surface area contributed by atoms with E-state index < -0.39 is 11.9 Å². The number of allylic oxidation sites excluding steroid dienone is 3. The van der Waals surface area contributed by atoms with Gasteiger partial charge >= 0.3 is 11.9 Å². The second-order valence-corrected chi connectivity index (χ2v) is 19.5. The molecule has 3 aromatic rings. The van der Waals surface area contributed by atoms with Crippen molar-refractivity contribution in [3.63, 3.8) is 0 Å². The second-order valence-electron chi connectivity index (χ2n) is 19.5. The minimum absolute atomic E-state index is 0.0872. The third-order valence-corrected chi connectivity index (χ3v) is 14.3. The summed E-state index contributed by atoms with van der Waals surface area (Å²) in [5.41, 5.74) is 11.4. The van der Waals surface area contributed by atoms with Gasteiger partial charge < -0.3 is 29.7 Å². The lowest BCUT2D eigenvalue weighted by Crippen LogP contribution is -2.18. The van der Waals surface area contributed by atoms with Crippen LogP contribution < -0.4 is 10.4 Å². The van der Waals surface area contributed by atoms with Crippen molar-refractivity contribution < 1.29 is 29.3 Å². The first-order chi connectivity index (χ1) is 30.6. The van der Waals surface area contributed by atoms with Crippen LogP contribution in [0.2, 0.25) is 0 Å². The number of aromatic amines is 2. The van der Waals surface area contributed by atoms with Crippen LogP contribution in [-0.4, -0.2) is 55.8 Å². The molecule has 10 nitrogen and oxygen atoms in total. The van der Waals surface area contributed by atoms with Crippen LogP contribution in [0.4, 0.5) is 0 Å². The Bertz CT molecular complexity index is 2570. The predicted molar refractivity (Wildman–Crippen MR) is 260 cm³/mol. The molecule has 2 aliphatic heterocycles. The molecule has 0 radical (unpaired) electrons. The first-order valence-electron chi connectivity index (χ1n) is 24.0. The number of H-pyrrole nitrogens is 2. The van der Waals surface area contributed by atoms with Crippen molar-refractivity contribution in [2.24, 2.45) is 17.8 Å². The van der Waals surface area contributed by atoms with Crippen LogP contribution in [0.15, 0.2) is 29.8 Å². The third-order valence-electron chi connectivity index (χ3n) is 14.3. The number of carbonyl (C=O) groups excluding carboxylic acids is 2. The van der Waals surface area contributed by atoms with Crippen molar-refractivity contribution in [3.8, 4) is 0 Å². The Morgan fingerprint density at radius 3 is 2.17 bits per heavy atom. The minimum Gasteiger partial charge on any atom is -0.515 e. The average Bonchev–Trinajstić information content (AvgIpc) is 3.99. The van der Waals surface area contributed by atoms with Gasteiger partial charge in [0.15, 0.2) is 0 Å². The Morgan fingerprint density at radius 2 is 1.52 bits per heavy atom. The van der Waals surface area contributed by atoms with Crippen LogP contribution in [0, 0.1) is 31.6 Å². The molecule has 1 aliphatic carbocycles. The third kappa shape index (κ3) is 10.5. The predicted octanol–water partition coefficient (Wildman–Crippen LogP) is 12.1. The van der Waals surface area contributed by atoms with E-state index in [-0.39, 0.29) is 36.6 Å². The van der Waals surface area contributed by atoms with Crippen molar-refractivity contribution in [1.82, 2.24) is 19.9 Å². The SMILES string of the molecule is CCC1=C(C)c2cc3[nH]c(cc4nc(c5c6[nH]c(cc1n2)c(C)c6=C(O)[C@@H]5C(=O)OC)[C@@H](CCC(=O)OC/C=C(/C)CCC[C@H](C)CCC[C@H](C)CCCC(C)C)[C@@H]4C)c(C)c3=CO. The maximum Gasteiger partial charge on any atom is 0.321 e. The number of aromatic nitrogens is 4. The van der Waals surface area contributed by atoms with E-state index in [9.17, 15) is 19.8 Å². The lowest BCUT2D eigenvalue weighted by Gasteiger charge is -2.19. The van der Waals surface area contributed by atoms with Gasteiger partial charge in [-0.05, 0) is 118 Å². The van der Waals surface area contributed by atoms with Gasteiger partial charge in [0, 0.05) is 51.0 Å². The van der Waals surface area contributed by atoms with Crippen LogP contribution in [-0.2, 0) is 19.1 Å². The number of hydrogen-bond donors (Lipinski definition) is 4. The van der Waals surface area contributed by atoms with E-state index in [1.54, 1.807) is 0 Å². The normalized spacial score (nSPS) is 18.6. The molecule has 3 aliphatic rings. The highest BCUT2D eigenvalue weighted by Gasteiger charge is 2.41. The fourth-order valence-electron chi connectivity index (χ4n) is 10.2. The largest absolute Gasteiger partial charge is 0.515 e. The molecule has 0 saturated carbocycles. The molecule has 4 N–H and O–H groups in total. The van der Waals surface area contributed by atoms with E-state index in [4.69, 9.17) is 19.4 Å². The molecular weight excluding hydrogens is 801 g/mol. The van der Waals surface area contributed by atoms with E-state index in [2.05, 4.69) is 65.4 Å². The molecule has 0 spiro atoms. The number of aryl methyl sites for hydroxylation is 2. The van der Waals surface area contributed by atoms with Gasteiger partial charge in [-0.3, -0.25) is 14.6 Å². The Balaban J connectivity index is 1.24. The number of ether oxygens (including phenoxy) is 2. The van der Waals surface area contributed by atoms with Crippen LogP contribution in [0.5, 0.6) is 0 Å². The zero-order chi connectivity index (χ0) is 46.4. The molecule has 6 rings (SSSR count). The molecule has 3 aromatic heterocycles. The van der Waals surface area contributed by atoms with Crippen molar-refractivity contribution in [1.29, 1.82) is 0 Å². The molecule has 0 saturated heterocycles. The number of hydrogen-bond acceptors (Lipinski definition) is 8. The molecule has 0 unspecified atom stereocenters. The first kappa shape index (κ1) is 48.3. The summed E-state index contributed by atoms with van der Waals surface area (Å²) in [6, 6.07) is 5.96. The number of rotatable bonds is 19. The number of carbonyl (C=O) groups is 2. The summed E-state index contributed by atoms with van der Waals surface area (Å²) < 4.78 is 11.1. The first-order valence-corrected chi connectivity index (χ1v) is 24.0. The molecule has 5 atom stereocenters. The number of nitrogens with zero attached hydrogens (tertiary/aromatic N) is 2. The molecule has 5 heterocycles. The second kappa shape index (κ2) is 21.2. The Morgan fingerprint density at radius 1 is 0.859 bits per heavy atom. The summed E-state index contributed by atoms with van der Waals surface area (Å²) in [6.07, 6.45) is 15.7. The average molecular weight is 875 g/mol. The van der Waals surface area contributed by atoms with Gasteiger partial charge in [-0.1, -0.05) is 92.1 Å². The van der Waals surface area contributed by atoms with Gasteiger partial charge in [-0.15, -0.1) is 0 Å². The topological polar surface area (TPSA) is 150 Å². The standard InChI is InChI=1S/C54H74N4O6/c1-12-38-34(7)42-27-46-40(29-59)36(9)41(56-46)26-43-35(8)39(51(57-43)49-50(54(62)63-11)53(61)48-37(10)44(58-52(48)49)28-45(38)55-42)22-23-47(60)64-25-24-33(6)21-15-20-32(5)19-14-18-31(4)17-13-16-30(2)3/h24,26-32,35,39,50,56,58-59,61H,12-23,25H2,1-11H3/b33-24-,40-29?,43-26?,45-28?,46-27?/t31-,32-,35+,39+,50-/m1/s1. The number of fused-ring (bicyclic) bond motifs is 8. The molecular formula is C54H74N4O6. The van der Waals surface area contributed by atoms with E-state index >= 15 is 0 Å². The smallest absolute Gasteiger partial charge is 0.321 e. The lowest BCUT2D eigenvalue weighted by atomic mass is 9.84. The van der Waals surface area contributed by atoms with Crippen LogP contribution in [0.25, 0.3) is 45.2 Å². The lowest BCUT2D eigenvalue weighted by molar-refractivity contribution is -0.143. The highest BCUT2D eigenvalue weighted by molar-refractivity contribution is 5.97. The van der Waals surface area contributed by atoms with E-state index in [0.717, 1.165) is 93.3 Å². The number of aliphatic hydroxyl groups is 2. The van der Waals surface area contributed by atoms with E-state index in [1.807, 2.05) is 38.1 Å². The Labute approximate surface area is 380 Å². The molecule has 8 bridgehead atoms. The van der Waals surface area contributed by atoms with Crippen molar-refractivity contribution in [3.05, 3.63) is 79.8 Å². The van der Waals surface area contributed by atoms with Crippen molar-refractivity contribution in [2.45, 2.75) is 164 Å². The van der Waals surface area contributed by atoms with Gasteiger partial charge in [0.25, 0.3) is 0 Å². The van der Waals surface area contributed by atoms with Crippen LogP contribution in [0.3, 0.4) is 0 Å². The van der Waals surface area contributed by atoms with Crippen LogP contribution in [0.1, 0.15) is 190 Å². The zero-order valence-electron chi connectivity index (χ0n) is 40.5. The van der Waals surface area contributed by atoms with Crippen LogP contribution >= 0.6 is 0 Å². The van der Waals surface area contributed by atoms with Gasteiger partial charge in [-0.2, -0.15) is 0 Å². The monoisotopic (exact) mass is 875 g/mol. The molecule has 10 heteroatoms. The van der Waals surface area contributed by atoms with Crippen molar-refractivity contribution >= 4 is 57.2 Å². The van der Waals surface area contributed by atoms with E-state index in [1.165, 1.54) is 57.6 Å². The fraction of sp³-hybridized carbons (Fsp3) is 0.556. The van der Waals surface area contributed by atoms with Gasteiger partial charge in [0.05, 0.1) is 41.5 Å². The molecule has 346 valence electrons. The summed E-state index contributed by atoms with van der Waals surface area (Å²) in [5.74, 6) is -0.215. The number of nitrogens with one attached hydrogen (secondary N) is 2. The molecule has 0 amide bonds. The minimum atomic E-state index is -1.09. The summed E-state index contributed by atoms with van der Waals surface area (Å²) in [6.45, 7) is 21.9. The Kier molecular flexibility index (Phi) is 16.0. The van der Waals surface area contributed by atoms with Gasteiger partial charge in [0.1, 0.15) is 18.3 Å². The molecule has 0 aromatic carbocycles. The summed E-state index contributed by atoms with van der Waals surface area (Å²) >= 11 is 0. The van der Waals surface area contributed by atoms with Crippen molar-refractivity contribution in [2.75, 3.05) is 13.7 Å². The van der Waals surface area contributed by atoms with Gasteiger partial charge in [-0.25, -0.2) is 4.98 Å². The number of aliphatic hydroxyl groups excluding tert-OH is 2. The highest BCUT2D eigenvalue weighted by atomic mass is 16.5. The van der Waals surface area contributed by atoms with Gasteiger partial charge in [0.2, 0.25) is 0 Å². The highest BCUT2D eigenvalue weighted by Crippen LogP contribution is 2.46. The maximum absolute atomic E-state index is 13.6. The van der Waals surface area contributed by atoms with E-state index in [0.29, 0.717) is 39.6 Å². The summed E-state index contributed by atoms with van der Waals surface area (Å²) in [5, 5.41) is 23.6. The number of methoxy groups -OCH3 is 1. The zero-order valence-corrected chi connectivity index (χ0v) is 40.5. The Hall–Kier alpha value is -5.12. The number of esters is 2. The maximum atomic E-state index is 13.6. The fourth-order valence-corrected chi connectivity index (χ4v) is 10.2.